The number of amides is 2. The van der Waals surface area contributed by atoms with E-state index in [4.69, 9.17) is 9.84 Å². The average molecular weight is 304 g/mol. The number of hydrogen-bond acceptors (Lipinski definition) is 6. The fourth-order valence-electron chi connectivity index (χ4n) is 1.38. The number of carboxylic acids is 1. The normalized spacial score (nSPS) is 11.2. The van der Waals surface area contributed by atoms with Gasteiger partial charge in [-0.2, -0.15) is 0 Å². The molecule has 1 atom stereocenters. The van der Waals surface area contributed by atoms with Gasteiger partial charge in [-0.15, -0.1) is 0 Å². The molecule has 0 spiro atoms. The minimum atomic E-state index is -1.43. The number of rotatable bonds is 8. The highest BCUT2D eigenvalue weighted by Crippen LogP contribution is 1.99. The second-order valence-electron chi connectivity index (χ2n) is 3.94. The van der Waals surface area contributed by atoms with Crippen molar-refractivity contribution in [3.63, 3.8) is 0 Å². The number of nitrogens with one attached hydrogen (secondary N) is 1. The van der Waals surface area contributed by atoms with Crippen molar-refractivity contribution >= 4 is 23.9 Å². The van der Waals surface area contributed by atoms with Crippen LogP contribution in [0, 0.1) is 0 Å². The van der Waals surface area contributed by atoms with E-state index < -0.39 is 36.4 Å². The lowest BCUT2D eigenvalue weighted by Crippen LogP contribution is -2.50. The van der Waals surface area contributed by atoms with E-state index in [0.29, 0.717) is 0 Å². The quantitative estimate of drug-likeness (QED) is 0.585. The molecule has 0 aromatic rings. The molecule has 21 heavy (non-hydrogen) atoms. The van der Waals surface area contributed by atoms with E-state index in [9.17, 15) is 19.2 Å². The van der Waals surface area contributed by atoms with Gasteiger partial charge in [0.2, 0.25) is 0 Å². The van der Waals surface area contributed by atoms with E-state index in [2.05, 4.69) is 10.1 Å². The summed E-state index contributed by atoms with van der Waals surface area (Å²) in [6.07, 6.45) is -0.505. The molecule has 0 saturated heterocycles. The smallest absolute Gasteiger partial charge is 0.326 e. The first-order valence-electron chi connectivity index (χ1n) is 6.36. The van der Waals surface area contributed by atoms with Gasteiger partial charge in [-0.25, -0.2) is 9.59 Å². The Morgan fingerprint density at radius 2 is 1.81 bits per heavy atom. The molecule has 0 unspecified atom stereocenters. The summed E-state index contributed by atoms with van der Waals surface area (Å²) >= 11 is 0. The molecule has 120 valence electrons. The highest BCUT2D eigenvalue weighted by Gasteiger charge is 2.26. The van der Waals surface area contributed by atoms with Crippen LogP contribution < -0.4 is 5.32 Å². The van der Waals surface area contributed by atoms with Gasteiger partial charge in [0.1, 0.15) is 12.6 Å². The second kappa shape index (κ2) is 9.56. The molecule has 2 amide bonds. The molecule has 0 saturated carbocycles. The van der Waals surface area contributed by atoms with E-state index >= 15 is 0 Å². The Hall–Kier alpha value is -2.32. The van der Waals surface area contributed by atoms with Crippen LogP contribution in [0.3, 0.4) is 0 Å². The molecule has 0 heterocycles. The van der Waals surface area contributed by atoms with Crippen LogP contribution in [-0.2, 0) is 23.9 Å². The van der Waals surface area contributed by atoms with Gasteiger partial charge >= 0.3 is 23.9 Å². The maximum absolute atomic E-state index is 11.9. The molecule has 0 aromatic carbocycles. The van der Waals surface area contributed by atoms with Crippen molar-refractivity contribution in [2.45, 2.75) is 26.3 Å². The molecule has 0 bridgehead atoms. The van der Waals surface area contributed by atoms with Gasteiger partial charge in [0.05, 0.1) is 20.1 Å². The maximum atomic E-state index is 11.9. The van der Waals surface area contributed by atoms with Crippen LogP contribution in [0.15, 0.2) is 0 Å². The predicted molar refractivity (Wildman–Crippen MR) is 70.5 cm³/mol. The van der Waals surface area contributed by atoms with Crippen LogP contribution in [0.4, 0.5) is 4.79 Å². The number of methoxy groups -OCH3 is 1. The Labute approximate surface area is 122 Å². The number of urea groups is 1. The number of esters is 2. The van der Waals surface area contributed by atoms with Crippen LogP contribution in [0.1, 0.15) is 20.3 Å². The number of carbonyl (C=O) groups is 4. The van der Waals surface area contributed by atoms with Gasteiger partial charge in [0, 0.05) is 6.54 Å². The third kappa shape index (κ3) is 7.14. The van der Waals surface area contributed by atoms with E-state index in [1.807, 2.05) is 0 Å². The van der Waals surface area contributed by atoms with Crippen LogP contribution in [0.25, 0.3) is 0 Å². The Morgan fingerprint density at radius 1 is 1.19 bits per heavy atom. The minimum absolute atomic E-state index is 0.176. The summed E-state index contributed by atoms with van der Waals surface area (Å²) in [5.74, 6) is -2.74. The Morgan fingerprint density at radius 3 is 2.24 bits per heavy atom. The molecule has 2 N–H and O–H groups in total. The largest absolute Gasteiger partial charge is 0.480 e. The Bertz CT molecular complexity index is 397. The molecule has 0 aromatic heterocycles. The Balaban J connectivity index is 4.66. The Kier molecular flexibility index (Phi) is 8.51. The fourth-order valence-corrected chi connectivity index (χ4v) is 1.38. The zero-order valence-electron chi connectivity index (χ0n) is 12.2. The van der Waals surface area contributed by atoms with Crippen LogP contribution in [-0.4, -0.2) is 66.8 Å². The lowest BCUT2D eigenvalue weighted by Gasteiger charge is -2.22. The first-order valence-corrected chi connectivity index (χ1v) is 6.36. The summed E-state index contributed by atoms with van der Waals surface area (Å²) in [5.41, 5.74) is 0. The van der Waals surface area contributed by atoms with Crippen molar-refractivity contribution in [3.8, 4) is 0 Å². The van der Waals surface area contributed by atoms with Gasteiger partial charge in [-0.1, -0.05) is 0 Å². The van der Waals surface area contributed by atoms with Gasteiger partial charge in [-0.3, -0.25) is 9.59 Å². The average Bonchev–Trinajstić information content (AvgIpc) is 2.43. The lowest BCUT2D eigenvalue weighted by molar-refractivity contribution is -0.147. The standard InChI is InChI=1S/C12H20N2O7/c1-4-14(7-10(16)21-5-2)12(19)13-8(11(17)18)6-9(15)20-3/h8H,4-7H2,1-3H3,(H,13,19)(H,17,18)/t8-/m0/s1. The summed E-state index contributed by atoms with van der Waals surface area (Å²) in [7, 11) is 1.11. The van der Waals surface area contributed by atoms with E-state index in [1.54, 1.807) is 13.8 Å². The van der Waals surface area contributed by atoms with E-state index in [1.165, 1.54) is 0 Å². The molecule has 9 nitrogen and oxygen atoms in total. The SMILES string of the molecule is CCOC(=O)CN(CC)C(=O)N[C@@H](CC(=O)OC)C(=O)O. The van der Waals surface area contributed by atoms with E-state index in [-0.39, 0.29) is 19.7 Å². The number of carboxylic acid groups (broad SMARTS) is 1. The highest BCUT2D eigenvalue weighted by atomic mass is 16.5. The maximum Gasteiger partial charge on any atom is 0.326 e. The van der Waals surface area contributed by atoms with Crippen molar-refractivity contribution in [1.29, 1.82) is 0 Å². The molecule has 0 aliphatic heterocycles. The third-order valence-electron chi connectivity index (χ3n) is 2.49. The molecule has 0 rings (SSSR count). The van der Waals surface area contributed by atoms with Gasteiger partial charge in [0.15, 0.2) is 0 Å². The van der Waals surface area contributed by atoms with Crippen LogP contribution in [0.5, 0.6) is 0 Å². The van der Waals surface area contributed by atoms with Gasteiger partial charge in [0.25, 0.3) is 0 Å². The first-order chi connectivity index (χ1) is 9.85. The predicted octanol–water partition coefficient (Wildman–Crippen LogP) is -0.403. The zero-order valence-corrected chi connectivity index (χ0v) is 12.2. The third-order valence-corrected chi connectivity index (χ3v) is 2.49. The second-order valence-corrected chi connectivity index (χ2v) is 3.94. The zero-order chi connectivity index (χ0) is 16.4. The topological polar surface area (TPSA) is 122 Å². The van der Waals surface area contributed by atoms with Crippen molar-refractivity contribution in [2.24, 2.45) is 0 Å². The number of likely N-dealkylation sites (N-methyl/N-ethyl adjacent to an activating group) is 1. The molecular formula is C12H20N2O7. The summed E-state index contributed by atoms with van der Waals surface area (Å²) < 4.78 is 9.06. The summed E-state index contributed by atoms with van der Waals surface area (Å²) in [6, 6.07) is -2.21. The van der Waals surface area contributed by atoms with Crippen LogP contribution in [0.2, 0.25) is 0 Å². The summed E-state index contributed by atoms with van der Waals surface area (Å²) in [6.45, 7) is 3.30. The van der Waals surface area contributed by atoms with Gasteiger partial charge < -0.3 is 24.8 Å². The molecule has 9 heteroatoms. The molecule has 0 aliphatic carbocycles. The molecule has 0 fully saturated rings. The van der Waals surface area contributed by atoms with Crippen molar-refractivity contribution in [1.82, 2.24) is 10.2 Å². The monoisotopic (exact) mass is 304 g/mol. The van der Waals surface area contributed by atoms with Gasteiger partial charge in [-0.05, 0) is 13.8 Å². The number of nitrogens with zero attached hydrogens (tertiary/aromatic N) is 1. The fraction of sp³-hybridized carbons (Fsp3) is 0.667. The molecular weight excluding hydrogens is 284 g/mol. The van der Waals surface area contributed by atoms with Crippen molar-refractivity contribution in [3.05, 3.63) is 0 Å². The summed E-state index contributed by atoms with van der Waals surface area (Å²) in [5, 5.41) is 11.1. The minimum Gasteiger partial charge on any atom is -0.480 e. The first kappa shape index (κ1) is 18.7. The molecule has 0 aliphatic rings. The lowest BCUT2D eigenvalue weighted by atomic mass is 10.2. The number of carbonyl (C=O) groups excluding carboxylic acids is 3. The van der Waals surface area contributed by atoms with Crippen molar-refractivity contribution < 1.29 is 33.8 Å². The molecule has 0 radical (unpaired) electrons. The summed E-state index contributed by atoms with van der Waals surface area (Å²) in [4.78, 5) is 46.4. The number of hydrogen-bond donors (Lipinski definition) is 2. The van der Waals surface area contributed by atoms with E-state index in [0.717, 1.165) is 12.0 Å². The van der Waals surface area contributed by atoms with Crippen molar-refractivity contribution in [2.75, 3.05) is 26.8 Å². The number of aliphatic carboxylic acids is 1. The van der Waals surface area contributed by atoms with Crippen LogP contribution >= 0.6 is 0 Å². The highest BCUT2D eigenvalue weighted by molar-refractivity contribution is 5.87. The number of ether oxygens (including phenoxy) is 2.